The number of nitrogens with one attached hydrogen (secondary N) is 2. The van der Waals surface area contributed by atoms with Gasteiger partial charge in [-0.05, 0) is 30.5 Å². The minimum atomic E-state index is -5.00. The number of anilines is 1. The summed E-state index contributed by atoms with van der Waals surface area (Å²) in [5.41, 5.74) is -3.57. The van der Waals surface area contributed by atoms with Crippen LogP contribution in [0, 0.1) is 16.0 Å². The van der Waals surface area contributed by atoms with E-state index in [2.05, 4.69) is 10.6 Å². The molecule has 1 fully saturated rings. The maximum atomic E-state index is 12.8. The van der Waals surface area contributed by atoms with Crippen molar-refractivity contribution in [1.82, 2.24) is 5.32 Å². The van der Waals surface area contributed by atoms with Gasteiger partial charge >= 0.3 is 12.4 Å². The number of hydrogen-bond acceptors (Lipinski definition) is 4. The molecule has 0 amide bonds. The van der Waals surface area contributed by atoms with Gasteiger partial charge in [0.1, 0.15) is 0 Å². The molecule has 0 aliphatic heterocycles. The van der Waals surface area contributed by atoms with Crippen molar-refractivity contribution in [3.63, 3.8) is 0 Å². The average molecular weight is 383 g/mol. The Morgan fingerprint density at radius 3 is 2.08 bits per heavy atom. The van der Waals surface area contributed by atoms with E-state index in [9.17, 15) is 36.5 Å². The molecule has 1 saturated carbocycles. The monoisotopic (exact) mass is 383 g/mol. The lowest BCUT2D eigenvalue weighted by Gasteiger charge is -2.16. The summed E-state index contributed by atoms with van der Waals surface area (Å²) in [6.45, 7) is 0.308. The van der Waals surface area contributed by atoms with Gasteiger partial charge in [0, 0.05) is 12.2 Å². The van der Waals surface area contributed by atoms with E-state index in [4.69, 9.17) is 0 Å². The van der Waals surface area contributed by atoms with Crippen LogP contribution < -0.4 is 10.6 Å². The molecule has 26 heavy (non-hydrogen) atoms. The van der Waals surface area contributed by atoms with Gasteiger partial charge in [-0.1, -0.05) is 12.8 Å². The van der Waals surface area contributed by atoms with Gasteiger partial charge in [0.05, 0.1) is 16.1 Å². The molecule has 1 aliphatic rings. The van der Waals surface area contributed by atoms with E-state index in [1.54, 1.807) is 0 Å². The van der Waals surface area contributed by atoms with Crippen LogP contribution >= 0.6 is 0 Å². The van der Waals surface area contributed by atoms with Gasteiger partial charge in [0.15, 0.2) is 5.82 Å². The third-order valence-corrected chi connectivity index (χ3v) is 3.67. The molecule has 1 aromatic rings. The number of nitrogens with zero attached hydrogens (tertiary/aromatic N) is 1. The van der Waals surface area contributed by atoms with Gasteiger partial charge in [-0.3, -0.25) is 10.1 Å². The number of benzene rings is 1. The zero-order chi connectivity index (χ0) is 19.5. The van der Waals surface area contributed by atoms with Crippen LogP contribution in [-0.2, 0) is 12.4 Å². The highest BCUT2D eigenvalue weighted by atomic mass is 19.4. The van der Waals surface area contributed by atoms with Crippen LogP contribution in [0.5, 0.6) is 0 Å². The molecule has 2 rings (SSSR count). The topological polar surface area (TPSA) is 67.2 Å². The van der Waals surface area contributed by atoms with Gasteiger partial charge in [0.2, 0.25) is 0 Å². The fourth-order valence-corrected chi connectivity index (χ4v) is 2.23. The number of halogens is 6. The van der Waals surface area contributed by atoms with Gasteiger partial charge < -0.3 is 10.6 Å². The Bertz CT molecular complexity index is 663. The van der Waals surface area contributed by atoms with Gasteiger partial charge in [-0.2, -0.15) is 26.3 Å². The Kier molecular flexibility index (Phi) is 5.67. The van der Waals surface area contributed by atoms with E-state index in [0.29, 0.717) is 37.2 Å². The number of alkyl halides is 6. The molecule has 5 nitrogen and oxygen atoms in total. The minimum Gasteiger partial charge on any atom is -0.366 e. The summed E-state index contributed by atoms with van der Waals surface area (Å²) in [5.74, 6) is 0.202. The quantitative estimate of drug-likeness (QED) is 0.410. The van der Waals surface area contributed by atoms with Crippen molar-refractivity contribution in [3.8, 4) is 0 Å². The molecule has 0 aromatic heterocycles. The van der Waals surface area contributed by atoms with Gasteiger partial charge in [-0.15, -0.1) is 0 Å². The number of nitro groups is 1. The molecular weight excluding hydrogens is 368 g/mol. The molecule has 0 atom stereocenters. The molecule has 1 aromatic carbocycles. The smallest absolute Gasteiger partial charge is 0.366 e. The van der Waals surface area contributed by atoms with Gasteiger partial charge in [0.25, 0.3) is 6.20 Å². The number of rotatable bonds is 7. The Labute approximate surface area is 144 Å². The van der Waals surface area contributed by atoms with Gasteiger partial charge in [-0.25, -0.2) is 0 Å². The maximum Gasteiger partial charge on any atom is 0.416 e. The predicted octanol–water partition coefficient (Wildman–Crippen LogP) is 4.60. The second-order valence-electron chi connectivity index (χ2n) is 5.91. The molecular formula is C15H15F6N3O2. The summed E-state index contributed by atoms with van der Waals surface area (Å²) in [6, 6.07) is 0.916. The first-order valence-electron chi connectivity index (χ1n) is 7.61. The van der Waals surface area contributed by atoms with Crippen molar-refractivity contribution in [2.45, 2.75) is 31.6 Å². The Hall–Kier alpha value is -2.46. The molecule has 0 saturated heterocycles. The zero-order valence-corrected chi connectivity index (χ0v) is 13.2. The molecule has 11 heteroatoms. The summed E-state index contributed by atoms with van der Waals surface area (Å²) >= 11 is 0. The van der Waals surface area contributed by atoms with Crippen molar-refractivity contribution in [2.24, 2.45) is 5.92 Å². The molecule has 0 radical (unpaired) electrons. The van der Waals surface area contributed by atoms with Crippen LogP contribution in [0.2, 0.25) is 0 Å². The standard InChI is InChI=1S/C15H15F6N3O2/c16-14(17,18)10-5-11(15(19,20)21)7-12(6-10)23-13(8-24(25)26)22-4-3-9-1-2-9/h5-9,22-23H,1-4H2/b13-8-. The lowest BCUT2D eigenvalue weighted by molar-refractivity contribution is -0.403. The molecule has 1 aliphatic carbocycles. The van der Waals surface area contributed by atoms with Crippen molar-refractivity contribution in [3.05, 3.63) is 51.5 Å². The molecule has 144 valence electrons. The fraction of sp³-hybridized carbons (Fsp3) is 0.467. The van der Waals surface area contributed by atoms with Crippen LogP contribution in [-0.4, -0.2) is 11.5 Å². The molecule has 0 unspecified atom stereocenters. The third kappa shape index (κ3) is 6.12. The van der Waals surface area contributed by atoms with E-state index >= 15 is 0 Å². The van der Waals surface area contributed by atoms with E-state index in [0.717, 1.165) is 12.8 Å². The highest BCUT2D eigenvalue weighted by molar-refractivity contribution is 5.53. The highest BCUT2D eigenvalue weighted by Crippen LogP contribution is 2.37. The zero-order valence-electron chi connectivity index (χ0n) is 13.2. The molecule has 0 spiro atoms. The first kappa shape index (κ1) is 19.9. The van der Waals surface area contributed by atoms with Crippen LogP contribution in [0.15, 0.2) is 30.2 Å². The van der Waals surface area contributed by atoms with Crippen molar-refractivity contribution in [2.75, 3.05) is 11.9 Å². The highest BCUT2D eigenvalue weighted by Gasteiger charge is 2.37. The Morgan fingerprint density at radius 1 is 1.12 bits per heavy atom. The SMILES string of the molecule is O=[N+]([O-])/C=C(/NCCC1CC1)Nc1cc(C(F)(F)F)cc(C(F)(F)F)c1. The maximum absolute atomic E-state index is 12.8. The first-order chi connectivity index (χ1) is 11.9. The van der Waals surface area contributed by atoms with Crippen LogP contribution in [0.25, 0.3) is 0 Å². The molecule has 0 bridgehead atoms. The lowest BCUT2D eigenvalue weighted by atomic mass is 10.1. The predicted molar refractivity (Wildman–Crippen MR) is 80.5 cm³/mol. The van der Waals surface area contributed by atoms with E-state index in [1.807, 2.05) is 0 Å². The average Bonchev–Trinajstić information content (AvgIpc) is 3.28. The van der Waals surface area contributed by atoms with Crippen LogP contribution in [0.4, 0.5) is 32.0 Å². The minimum absolute atomic E-state index is 0.0113. The van der Waals surface area contributed by atoms with E-state index in [1.165, 1.54) is 0 Å². The summed E-state index contributed by atoms with van der Waals surface area (Å²) in [5, 5.41) is 15.5. The van der Waals surface area contributed by atoms with Crippen molar-refractivity contribution >= 4 is 5.69 Å². The van der Waals surface area contributed by atoms with Crippen LogP contribution in [0.1, 0.15) is 30.4 Å². The summed E-state index contributed by atoms with van der Waals surface area (Å²) in [7, 11) is 0. The lowest BCUT2D eigenvalue weighted by Crippen LogP contribution is -2.23. The largest absolute Gasteiger partial charge is 0.416 e. The third-order valence-electron chi connectivity index (χ3n) is 3.67. The Balaban J connectivity index is 2.26. The molecule has 0 heterocycles. The van der Waals surface area contributed by atoms with Crippen molar-refractivity contribution < 1.29 is 31.3 Å². The second kappa shape index (κ2) is 7.42. The van der Waals surface area contributed by atoms with Crippen molar-refractivity contribution in [1.29, 1.82) is 0 Å². The molecule has 2 N–H and O–H groups in total. The van der Waals surface area contributed by atoms with E-state index in [-0.39, 0.29) is 11.9 Å². The van der Waals surface area contributed by atoms with Crippen LogP contribution in [0.3, 0.4) is 0 Å². The summed E-state index contributed by atoms with van der Waals surface area (Å²) in [6.07, 6.45) is -6.76. The second-order valence-corrected chi connectivity index (χ2v) is 5.91. The number of hydrogen-bond donors (Lipinski definition) is 2. The first-order valence-corrected chi connectivity index (χ1v) is 7.61. The summed E-state index contributed by atoms with van der Waals surface area (Å²) in [4.78, 5) is 9.79. The van der Waals surface area contributed by atoms with E-state index < -0.39 is 34.1 Å². The Morgan fingerprint density at radius 2 is 1.65 bits per heavy atom. The fourth-order valence-electron chi connectivity index (χ4n) is 2.23. The normalized spacial score (nSPS) is 15.7. The summed E-state index contributed by atoms with van der Waals surface area (Å²) < 4.78 is 77.1.